The van der Waals surface area contributed by atoms with Crippen molar-refractivity contribution in [3.8, 4) is 0 Å². The van der Waals surface area contributed by atoms with Crippen LogP contribution in [0, 0.1) is 5.82 Å². The number of nitrogens with one attached hydrogen (secondary N) is 1. The van der Waals surface area contributed by atoms with E-state index < -0.39 is 0 Å². The van der Waals surface area contributed by atoms with E-state index in [0.29, 0.717) is 17.8 Å². The first-order valence-corrected chi connectivity index (χ1v) is 7.07. The molecule has 4 heteroatoms. The molecule has 0 aliphatic heterocycles. The minimum absolute atomic E-state index is 0.206. The largest absolute Gasteiger partial charge is 0.370 e. The first-order valence-electron chi connectivity index (χ1n) is 7.07. The molecule has 0 aliphatic rings. The number of halogens is 1. The van der Waals surface area contributed by atoms with Crippen LogP contribution in [0.3, 0.4) is 0 Å². The number of benzene rings is 1. The normalized spacial score (nSPS) is 10.6. The zero-order chi connectivity index (χ0) is 14.4. The molecule has 0 amide bonds. The average Bonchev–Trinajstić information content (AvgIpc) is 2.42. The van der Waals surface area contributed by atoms with E-state index in [2.05, 4.69) is 22.2 Å². The lowest BCUT2D eigenvalue weighted by molar-refractivity contribution is 0.612. The molecule has 0 fully saturated rings. The van der Waals surface area contributed by atoms with E-state index in [1.807, 2.05) is 19.1 Å². The van der Waals surface area contributed by atoms with Crippen LogP contribution in [0.1, 0.15) is 37.4 Å². The van der Waals surface area contributed by atoms with Gasteiger partial charge in [0.05, 0.1) is 0 Å². The van der Waals surface area contributed by atoms with E-state index >= 15 is 0 Å². The highest BCUT2D eigenvalue weighted by Gasteiger charge is 2.08. The van der Waals surface area contributed by atoms with E-state index in [1.54, 1.807) is 12.1 Å². The molecule has 1 aromatic carbocycles. The van der Waals surface area contributed by atoms with E-state index in [0.717, 1.165) is 30.9 Å². The summed E-state index contributed by atoms with van der Waals surface area (Å²) >= 11 is 0. The zero-order valence-electron chi connectivity index (χ0n) is 12.0. The second kappa shape index (κ2) is 6.98. The maximum atomic E-state index is 13.7. The van der Waals surface area contributed by atoms with Gasteiger partial charge >= 0.3 is 0 Å². The second-order valence-corrected chi connectivity index (χ2v) is 4.71. The number of anilines is 1. The van der Waals surface area contributed by atoms with Crippen LogP contribution in [-0.4, -0.2) is 16.5 Å². The number of aryl methyl sites for hydroxylation is 1. The lowest BCUT2D eigenvalue weighted by Gasteiger charge is -2.09. The van der Waals surface area contributed by atoms with Crippen molar-refractivity contribution in [3.63, 3.8) is 0 Å². The van der Waals surface area contributed by atoms with Gasteiger partial charge in [0.15, 0.2) is 0 Å². The third-order valence-corrected chi connectivity index (χ3v) is 3.00. The Morgan fingerprint density at radius 1 is 1.15 bits per heavy atom. The van der Waals surface area contributed by atoms with Crippen molar-refractivity contribution in [1.29, 1.82) is 0 Å². The summed E-state index contributed by atoms with van der Waals surface area (Å²) in [7, 11) is 0. The third-order valence-electron chi connectivity index (χ3n) is 3.00. The standard InChI is InChI=1S/C16H20FN3/c1-3-7-13-11-15(18-4-2)20-16(19-13)10-12-8-5-6-9-14(12)17/h5-6,8-9,11H,3-4,7,10H2,1-2H3,(H,18,19,20). The Balaban J connectivity index is 2.28. The van der Waals surface area contributed by atoms with Gasteiger partial charge in [0.1, 0.15) is 17.5 Å². The minimum Gasteiger partial charge on any atom is -0.370 e. The molecular weight excluding hydrogens is 253 g/mol. The predicted molar refractivity (Wildman–Crippen MR) is 79.4 cm³/mol. The molecule has 0 saturated carbocycles. The number of hydrogen-bond acceptors (Lipinski definition) is 3. The van der Waals surface area contributed by atoms with Crippen LogP contribution in [0.15, 0.2) is 30.3 Å². The molecule has 1 N–H and O–H groups in total. The summed E-state index contributed by atoms with van der Waals surface area (Å²) < 4.78 is 13.7. The zero-order valence-corrected chi connectivity index (χ0v) is 12.0. The van der Waals surface area contributed by atoms with Gasteiger partial charge in [0, 0.05) is 24.7 Å². The molecule has 0 aliphatic carbocycles. The smallest absolute Gasteiger partial charge is 0.135 e. The molecule has 0 unspecified atom stereocenters. The molecule has 2 aromatic rings. The summed E-state index contributed by atoms with van der Waals surface area (Å²) in [4.78, 5) is 8.98. The SMILES string of the molecule is CCCc1cc(NCC)nc(Cc2ccccc2F)n1. The van der Waals surface area contributed by atoms with Gasteiger partial charge in [-0.15, -0.1) is 0 Å². The van der Waals surface area contributed by atoms with Crippen LogP contribution in [0.4, 0.5) is 10.2 Å². The topological polar surface area (TPSA) is 37.8 Å². The highest BCUT2D eigenvalue weighted by molar-refractivity contribution is 5.37. The first-order chi connectivity index (χ1) is 9.72. The van der Waals surface area contributed by atoms with E-state index in [9.17, 15) is 4.39 Å². The molecule has 0 saturated heterocycles. The van der Waals surface area contributed by atoms with Crippen LogP contribution >= 0.6 is 0 Å². The van der Waals surface area contributed by atoms with Gasteiger partial charge in [0.2, 0.25) is 0 Å². The van der Waals surface area contributed by atoms with Gasteiger partial charge in [-0.3, -0.25) is 0 Å². The van der Waals surface area contributed by atoms with E-state index in [-0.39, 0.29) is 5.82 Å². The highest BCUT2D eigenvalue weighted by atomic mass is 19.1. The molecule has 0 atom stereocenters. The van der Waals surface area contributed by atoms with Crippen LogP contribution in [0.5, 0.6) is 0 Å². The summed E-state index contributed by atoms with van der Waals surface area (Å²) in [5, 5.41) is 3.20. The molecule has 0 bridgehead atoms. The fraction of sp³-hybridized carbons (Fsp3) is 0.375. The van der Waals surface area contributed by atoms with Gasteiger partial charge in [-0.05, 0) is 25.0 Å². The minimum atomic E-state index is -0.206. The van der Waals surface area contributed by atoms with Crippen molar-refractivity contribution in [3.05, 3.63) is 53.2 Å². The summed E-state index contributed by atoms with van der Waals surface area (Å²) in [5.74, 6) is 1.27. The Kier molecular flexibility index (Phi) is 5.04. The molecule has 0 radical (unpaired) electrons. The Morgan fingerprint density at radius 3 is 2.65 bits per heavy atom. The average molecular weight is 273 g/mol. The Bertz CT molecular complexity index is 545. The van der Waals surface area contributed by atoms with Crippen molar-refractivity contribution in [2.75, 3.05) is 11.9 Å². The van der Waals surface area contributed by atoms with Crippen molar-refractivity contribution >= 4 is 5.82 Å². The summed E-state index contributed by atoms with van der Waals surface area (Å²) in [6, 6.07) is 8.74. The summed E-state index contributed by atoms with van der Waals surface area (Å²) in [6.07, 6.45) is 2.36. The monoisotopic (exact) mass is 273 g/mol. The molecule has 106 valence electrons. The predicted octanol–water partition coefficient (Wildman–Crippen LogP) is 3.59. The summed E-state index contributed by atoms with van der Waals surface area (Å²) in [6.45, 7) is 4.95. The van der Waals surface area contributed by atoms with E-state index in [1.165, 1.54) is 6.07 Å². The number of aromatic nitrogens is 2. The quantitative estimate of drug-likeness (QED) is 0.874. The van der Waals surface area contributed by atoms with Gasteiger partial charge in [-0.1, -0.05) is 31.5 Å². The lowest BCUT2D eigenvalue weighted by Crippen LogP contribution is -2.07. The fourth-order valence-electron chi connectivity index (χ4n) is 2.10. The molecule has 0 spiro atoms. The number of nitrogens with zero attached hydrogens (tertiary/aromatic N) is 2. The van der Waals surface area contributed by atoms with Crippen LogP contribution in [-0.2, 0) is 12.8 Å². The van der Waals surface area contributed by atoms with Crippen LogP contribution < -0.4 is 5.32 Å². The first kappa shape index (κ1) is 14.4. The van der Waals surface area contributed by atoms with Crippen LogP contribution in [0.25, 0.3) is 0 Å². The Morgan fingerprint density at radius 2 is 1.95 bits per heavy atom. The molecule has 1 heterocycles. The van der Waals surface area contributed by atoms with Gasteiger partial charge in [-0.2, -0.15) is 0 Å². The van der Waals surface area contributed by atoms with Crippen LogP contribution in [0.2, 0.25) is 0 Å². The molecule has 1 aromatic heterocycles. The summed E-state index contributed by atoms with van der Waals surface area (Å²) in [5.41, 5.74) is 1.63. The van der Waals surface area contributed by atoms with Gasteiger partial charge in [-0.25, -0.2) is 14.4 Å². The van der Waals surface area contributed by atoms with Gasteiger partial charge < -0.3 is 5.32 Å². The van der Waals surface area contributed by atoms with Crippen molar-refractivity contribution in [2.45, 2.75) is 33.1 Å². The Labute approximate surface area is 119 Å². The molecule has 20 heavy (non-hydrogen) atoms. The third kappa shape index (κ3) is 3.76. The van der Waals surface area contributed by atoms with Crippen molar-refractivity contribution in [1.82, 2.24) is 9.97 Å². The fourth-order valence-corrected chi connectivity index (χ4v) is 2.10. The Hall–Kier alpha value is -1.97. The van der Waals surface area contributed by atoms with Gasteiger partial charge in [0.25, 0.3) is 0 Å². The van der Waals surface area contributed by atoms with Crippen molar-refractivity contribution < 1.29 is 4.39 Å². The maximum Gasteiger partial charge on any atom is 0.135 e. The van der Waals surface area contributed by atoms with Crippen molar-refractivity contribution in [2.24, 2.45) is 0 Å². The molecule has 3 nitrogen and oxygen atoms in total. The number of rotatable bonds is 6. The van der Waals surface area contributed by atoms with E-state index in [4.69, 9.17) is 0 Å². The molecular formula is C16H20FN3. The number of hydrogen-bond donors (Lipinski definition) is 1. The molecule has 2 rings (SSSR count). The highest BCUT2D eigenvalue weighted by Crippen LogP contribution is 2.14. The maximum absolute atomic E-state index is 13.7. The second-order valence-electron chi connectivity index (χ2n) is 4.71. The lowest BCUT2D eigenvalue weighted by atomic mass is 10.1.